The molecule has 0 bridgehead atoms. The Balaban J connectivity index is 1.57. The second kappa shape index (κ2) is 7.57. The van der Waals surface area contributed by atoms with Gasteiger partial charge in [-0.05, 0) is 104 Å². The first-order chi connectivity index (χ1) is 16.1. The average molecular weight is 489 g/mol. The zero-order valence-corrected chi connectivity index (χ0v) is 22.7. The predicted molar refractivity (Wildman–Crippen MR) is 135 cm³/mol. The summed E-state index contributed by atoms with van der Waals surface area (Å²) < 4.78 is 0. The summed E-state index contributed by atoms with van der Waals surface area (Å²) >= 11 is 0. The number of carboxylic acids is 1. The molecule has 4 N–H and O–H groups in total. The summed E-state index contributed by atoms with van der Waals surface area (Å²) in [4.78, 5) is 12.3. The Morgan fingerprint density at radius 2 is 1.60 bits per heavy atom. The van der Waals surface area contributed by atoms with Gasteiger partial charge in [-0.3, -0.25) is 4.79 Å². The van der Waals surface area contributed by atoms with Crippen molar-refractivity contribution in [1.29, 1.82) is 0 Å². The van der Waals surface area contributed by atoms with E-state index in [1.807, 2.05) is 0 Å². The van der Waals surface area contributed by atoms with Gasteiger partial charge in [-0.1, -0.05) is 46.3 Å². The Morgan fingerprint density at radius 1 is 0.914 bits per heavy atom. The minimum atomic E-state index is -1.10. The number of hydrogen-bond acceptors (Lipinski definition) is 4. The zero-order valence-electron chi connectivity index (χ0n) is 22.7. The van der Waals surface area contributed by atoms with Crippen LogP contribution >= 0.6 is 0 Å². The molecule has 0 radical (unpaired) electrons. The molecule has 4 fully saturated rings. The van der Waals surface area contributed by atoms with Crippen LogP contribution in [-0.2, 0) is 4.79 Å². The summed E-state index contributed by atoms with van der Waals surface area (Å²) in [6, 6.07) is 0. The molecule has 5 rings (SSSR count). The van der Waals surface area contributed by atoms with Crippen molar-refractivity contribution < 1.29 is 25.2 Å². The van der Waals surface area contributed by atoms with Crippen molar-refractivity contribution in [2.75, 3.05) is 6.61 Å². The summed E-state index contributed by atoms with van der Waals surface area (Å²) in [6.07, 6.45) is 9.24. The van der Waals surface area contributed by atoms with Gasteiger partial charge in [-0.15, -0.1) is 0 Å². The fourth-order valence-corrected chi connectivity index (χ4v) is 10.7. The van der Waals surface area contributed by atoms with E-state index in [0.717, 1.165) is 44.9 Å². The Kier molecular flexibility index (Phi) is 5.56. The lowest BCUT2D eigenvalue weighted by Crippen LogP contribution is -2.66. The molecule has 0 aromatic heterocycles. The Bertz CT molecular complexity index is 945. The van der Waals surface area contributed by atoms with Crippen molar-refractivity contribution >= 4 is 5.97 Å². The van der Waals surface area contributed by atoms with Gasteiger partial charge in [-0.2, -0.15) is 0 Å². The highest BCUT2D eigenvalue weighted by Gasteiger charge is 2.69. The van der Waals surface area contributed by atoms with Crippen molar-refractivity contribution in [3.63, 3.8) is 0 Å². The SMILES string of the molecule is C[C@@]12CC[C@]3(C)C(=CC[C@@H]4[C@@]5(C)CC[C@@H](O)[C@](C)(CO)[C@@H]5CC[C@]43C)[C@H]1C[C@](C)(C(=O)O)[C@H](O)C2. The third-order valence-corrected chi connectivity index (χ3v) is 13.6. The number of aliphatic carboxylic acids is 1. The molecule has 0 spiro atoms. The molecule has 198 valence electrons. The van der Waals surface area contributed by atoms with Gasteiger partial charge >= 0.3 is 5.97 Å². The molecule has 0 aromatic rings. The van der Waals surface area contributed by atoms with Crippen LogP contribution in [0.2, 0.25) is 0 Å². The van der Waals surface area contributed by atoms with E-state index in [9.17, 15) is 25.2 Å². The molecule has 11 atom stereocenters. The van der Waals surface area contributed by atoms with Crippen molar-refractivity contribution in [3.8, 4) is 0 Å². The number of aliphatic hydroxyl groups excluding tert-OH is 3. The molecule has 5 heteroatoms. The minimum Gasteiger partial charge on any atom is -0.481 e. The molecule has 0 unspecified atom stereocenters. The summed E-state index contributed by atoms with van der Waals surface area (Å²) in [5.74, 6) is 0.0847. The number of allylic oxidation sites excluding steroid dienone is 2. The molecule has 0 heterocycles. The first kappa shape index (κ1) is 25.7. The van der Waals surface area contributed by atoms with Gasteiger partial charge in [0.2, 0.25) is 0 Å². The topological polar surface area (TPSA) is 98.0 Å². The van der Waals surface area contributed by atoms with Gasteiger partial charge in [0, 0.05) is 5.41 Å². The number of hydrogen-bond donors (Lipinski definition) is 4. The van der Waals surface area contributed by atoms with E-state index >= 15 is 0 Å². The quantitative estimate of drug-likeness (QED) is 0.402. The van der Waals surface area contributed by atoms with E-state index in [-0.39, 0.29) is 34.2 Å². The number of carbonyl (C=O) groups is 1. The first-order valence-corrected chi connectivity index (χ1v) is 14.0. The van der Waals surface area contributed by atoms with Crippen LogP contribution in [0.1, 0.15) is 99.3 Å². The van der Waals surface area contributed by atoms with E-state index in [0.29, 0.717) is 24.7 Å². The van der Waals surface area contributed by atoms with E-state index in [2.05, 4.69) is 40.7 Å². The second-order valence-corrected chi connectivity index (χ2v) is 14.9. The molecule has 0 saturated heterocycles. The lowest BCUT2D eigenvalue weighted by Gasteiger charge is -2.71. The number of carboxylic acid groups (broad SMARTS) is 1. The van der Waals surface area contributed by atoms with Crippen molar-refractivity contribution in [3.05, 3.63) is 11.6 Å². The van der Waals surface area contributed by atoms with Gasteiger partial charge in [0.25, 0.3) is 0 Å². The van der Waals surface area contributed by atoms with E-state index in [4.69, 9.17) is 0 Å². The summed E-state index contributed by atoms with van der Waals surface area (Å²) in [6.45, 7) is 13.6. The molecule has 0 aromatic carbocycles. The molecule has 0 amide bonds. The van der Waals surface area contributed by atoms with Crippen LogP contribution in [0.4, 0.5) is 0 Å². The van der Waals surface area contributed by atoms with Crippen molar-refractivity contribution in [1.82, 2.24) is 0 Å². The van der Waals surface area contributed by atoms with E-state index in [1.165, 1.54) is 5.57 Å². The normalized spacial score (nSPS) is 57.7. The van der Waals surface area contributed by atoms with E-state index in [1.54, 1.807) is 6.92 Å². The first-order valence-electron chi connectivity index (χ1n) is 14.0. The minimum absolute atomic E-state index is 0.00145. The third-order valence-electron chi connectivity index (χ3n) is 13.6. The predicted octanol–water partition coefficient (Wildman–Crippen LogP) is 5.18. The maximum absolute atomic E-state index is 12.3. The smallest absolute Gasteiger partial charge is 0.312 e. The molecule has 5 aliphatic carbocycles. The van der Waals surface area contributed by atoms with Crippen molar-refractivity contribution in [2.45, 2.75) is 112 Å². The van der Waals surface area contributed by atoms with Gasteiger partial charge in [0.05, 0.1) is 24.2 Å². The molecular formula is C30H48O5. The highest BCUT2D eigenvalue weighted by atomic mass is 16.4. The van der Waals surface area contributed by atoms with Crippen molar-refractivity contribution in [2.24, 2.45) is 50.2 Å². The maximum Gasteiger partial charge on any atom is 0.312 e. The summed E-state index contributed by atoms with van der Waals surface area (Å²) in [7, 11) is 0. The highest BCUT2D eigenvalue weighted by molar-refractivity contribution is 5.75. The number of rotatable bonds is 2. The molecular weight excluding hydrogens is 440 g/mol. The standard InChI is InChI=1S/C30H48O5/c1-25-13-14-29(5)18(19(25)15-27(3,24(34)35)23(33)16-25)7-8-21-26(2)11-10-22(32)28(4,17-31)20(26)9-12-30(21,29)6/h7,19-23,31-33H,8-17H2,1-6H3,(H,34,35)/t19-,20-,21-,22-,23-,25+,26+,27+,28-,29-,30-/m1/s1. The average Bonchev–Trinajstić information content (AvgIpc) is 2.79. The van der Waals surface area contributed by atoms with Crippen LogP contribution in [0.3, 0.4) is 0 Å². The van der Waals surface area contributed by atoms with E-state index < -0.39 is 29.0 Å². The third kappa shape index (κ3) is 3.01. The number of fused-ring (bicyclic) bond motifs is 7. The van der Waals surface area contributed by atoms with Crippen LogP contribution in [0.25, 0.3) is 0 Å². The molecule has 35 heavy (non-hydrogen) atoms. The Labute approximate surface area is 211 Å². The van der Waals surface area contributed by atoms with Crippen LogP contribution in [0, 0.1) is 50.2 Å². The van der Waals surface area contributed by atoms with Crippen LogP contribution in [0.5, 0.6) is 0 Å². The van der Waals surface area contributed by atoms with Crippen LogP contribution < -0.4 is 0 Å². The van der Waals surface area contributed by atoms with Gasteiger partial charge in [-0.25, -0.2) is 0 Å². The van der Waals surface area contributed by atoms with Gasteiger partial charge in [0.15, 0.2) is 0 Å². The Hall–Kier alpha value is -0.910. The monoisotopic (exact) mass is 488 g/mol. The largest absolute Gasteiger partial charge is 0.481 e. The van der Waals surface area contributed by atoms with Crippen LogP contribution in [-0.4, -0.2) is 45.2 Å². The van der Waals surface area contributed by atoms with Gasteiger partial charge < -0.3 is 20.4 Å². The summed E-state index contributed by atoms with van der Waals surface area (Å²) in [5.41, 5.74) is 0.00866. The lowest BCUT2D eigenvalue weighted by atomic mass is 9.33. The highest BCUT2D eigenvalue weighted by Crippen LogP contribution is 2.75. The molecule has 0 aliphatic heterocycles. The second-order valence-electron chi connectivity index (χ2n) is 14.9. The molecule has 5 nitrogen and oxygen atoms in total. The molecule has 4 saturated carbocycles. The lowest BCUT2D eigenvalue weighted by molar-refractivity contribution is -0.217. The Morgan fingerprint density at radius 3 is 2.23 bits per heavy atom. The fourth-order valence-electron chi connectivity index (χ4n) is 10.7. The maximum atomic E-state index is 12.3. The van der Waals surface area contributed by atoms with Gasteiger partial charge in [0.1, 0.15) is 0 Å². The zero-order chi connectivity index (χ0) is 25.8. The summed E-state index contributed by atoms with van der Waals surface area (Å²) in [5, 5.41) is 42.3. The van der Waals surface area contributed by atoms with Crippen LogP contribution in [0.15, 0.2) is 11.6 Å². The molecule has 5 aliphatic rings. The fraction of sp³-hybridized carbons (Fsp3) is 0.900. The number of aliphatic hydroxyl groups is 3.